The van der Waals surface area contributed by atoms with E-state index in [1.165, 1.54) is 0 Å². The molecule has 0 radical (unpaired) electrons. The molecule has 0 saturated carbocycles. The summed E-state index contributed by atoms with van der Waals surface area (Å²) in [6, 6.07) is 10.9. The molecule has 15 heavy (non-hydrogen) atoms. The van der Waals surface area contributed by atoms with Crippen LogP contribution in [0.3, 0.4) is 0 Å². The van der Waals surface area contributed by atoms with E-state index in [1.54, 1.807) is 19.2 Å². The molecule has 0 aliphatic rings. The van der Waals surface area contributed by atoms with Crippen molar-refractivity contribution < 1.29 is 9.53 Å². The normalized spacial score (nSPS) is 10.3. The summed E-state index contributed by atoms with van der Waals surface area (Å²) in [5, 5.41) is 1.26. The Morgan fingerprint density at radius 1 is 1.13 bits per heavy atom. The summed E-state index contributed by atoms with van der Waals surface area (Å²) in [5.41, 5.74) is 0.507. The van der Waals surface area contributed by atoms with Crippen LogP contribution in [0.5, 0.6) is 5.75 Å². The summed E-state index contributed by atoms with van der Waals surface area (Å²) in [7, 11) is 1.60. The van der Waals surface area contributed by atoms with Gasteiger partial charge in [0.1, 0.15) is 5.75 Å². The number of methoxy groups -OCH3 is 1. The van der Waals surface area contributed by atoms with Crippen molar-refractivity contribution in [3.05, 3.63) is 42.0 Å². The second-order valence-electron chi connectivity index (χ2n) is 3.13. The molecule has 0 aliphatic heterocycles. The van der Waals surface area contributed by atoms with Gasteiger partial charge >= 0.3 is 0 Å². The van der Waals surface area contributed by atoms with E-state index in [9.17, 15) is 4.79 Å². The standard InChI is InChI=1S/C12H9ClO2/c1-15-11-7-3-4-8-9(11)5-2-6-10(8)12(13)14/h2-7H,1H3. The van der Waals surface area contributed by atoms with Crippen molar-refractivity contribution in [3.8, 4) is 5.75 Å². The van der Waals surface area contributed by atoms with E-state index < -0.39 is 5.24 Å². The van der Waals surface area contributed by atoms with Crippen LogP contribution >= 0.6 is 11.6 Å². The quantitative estimate of drug-likeness (QED) is 0.727. The van der Waals surface area contributed by atoms with E-state index in [4.69, 9.17) is 16.3 Å². The third-order valence-electron chi connectivity index (χ3n) is 2.31. The van der Waals surface area contributed by atoms with Crippen LogP contribution in [0.4, 0.5) is 0 Å². The van der Waals surface area contributed by atoms with Gasteiger partial charge in [0.05, 0.1) is 7.11 Å². The lowest BCUT2D eigenvalue weighted by Crippen LogP contribution is -1.92. The van der Waals surface area contributed by atoms with Crippen LogP contribution in [0.2, 0.25) is 0 Å². The van der Waals surface area contributed by atoms with Gasteiger partial charge in [-0.05, 0) is 29.1 Å². The Kier molecular flexibility index (Phi) is 2.60. The molecule has 0 saturated heterocycles. The summed E-state index contributed by atoms with van der Waals surface area (Å²) >= 11 is 5.50. The number of rotatable bonds is 2. The van der Waals surface area contributed by atoms with Gasteiger partial charge in [0, 0.05) is 10.9 Å². The largest absolute Gasteiger partial charge is 0.496 e. The van der Waals surface area contributed by atoms with Gasteiger partial charge in [0.2, 0.25) is 0 Å². The van der Waals surface area contributed by atoms with Gasteiger partial charge in [-0.3, -0.25) is 4.79 Å². The fourth-order valence-corrected chi connectivity index (χ4v) is 1.80. The Morgan fingerprint density at radius 3 is 2.47 bits per heavy atom. The Hall–Kier alpha value is -1.54. The molecule has 0 unspecified atom stereocenters. The van der Waals surface area contributed by atoms with E-state index in [0.717, 1.165) is 16.5 Å². The lowest BCUT2D eigenvalue weighted by molar-refractivity contribution is 0.108. The van der Waals surface area contributed by atoms with Gasteiger partial charge in [-0.25, -0.2) is 0 Å². The zero-order chi connectivity index (χ0) is 10.8. The second-order valence-corrected chi connectivity index (χ2v) is 3.48. The van der Waals surface area contributed by atoms with E-state index in [1.807, 2.05) is 24.3 Å². The molecule has 3 heteroatoms. The molecule has 0 aromatic heterocycles. The van der Waals surface area contributed by atoms with E-state index >= 15 is 0 Å². The first-order valence-corrected chi connectivity index (χ1v) is 4.87. The molecule has 0 N–H and O–H groups in total. The summed E-state index contributed by atoms with van der Waals surface area (Å²) in [6.45, 7) is 0. The zero-order valence-electron chi connectivity index (χ0n) is 8.16. The number of halogens is 1. The number of carbonyl (C=O) groups is 1. The van der Waals surface area contributed by atoms with Crippen molar-refractivity contribution in [2.24, 2.45) is 0 Å². The molecular formula is C12H9ClO2. The molecule has 0 heterocycles. The monoisotopic (exact) mass is 220 g/mol. The molecule has 2 aromatic carbocycles. The highest BCUT2D eigenvalue weighted by Crippen LogP contribution is 2.28. The number of benzene rings is 2. The fourth-order valence-electron chi connectivity index (χ4n) is 1.63. The Labute approximate surface area is 92.4 Å². The van der Waals surface area contributed by atoms with Crippen LogP contribution in [0, 0.1) is 0 Å². The third-order valence-corrected chi connectivity index (χ3v) is 2.52. The minimum atomic E-state index is -0.450. The number of ether oxygens (including phenoxy) is 1. The van der Waals surface area contributed by atoms with Gasteiger partial charge in [0.15, 0.2) is 0 Å². The SMILES string of the molecule is COc1cccc2c(C(=O)Cl)cccc12. The summed E-state index contributed by atoms with van der Waals surface area (Å²) in [6.07, 6.45) is 0. The molecule has 0 aliphatic carbocycles. The summed E-state index contributed by atoms with van der Waals surface area (Å²) < 4.78 is 5.21. The van der Waals surface area contributed by atoms with Gasteiger partial charge in [0.25, 0.3) is 5.24 Å². The second kappa shape index (κ2) is 3.91. The molecule has 0 atom stereocenters. The Balaban J connectivity index is 2.82. The van der Waals surface area contributed by atoms with Crippen LogP contribution in [-0.4, -0.2) is 12.4 Å². The first kappa shape index (κ1) is 9.99. The van der Waals surface area contributed by atoms with Gasteiger partial charge in [-0.1, -0.05) is 24.3 Å². The number of hydrogen-bond acceptors (Lipinski definition) is 2. The molecule has 0 amide bonds. The van der Waals surface area contributed by atoms with Crippen LogP contribution < -0.4 is 4.74 Å². The lowest BCUT2D eigenvalue weighted by Gasteiger charge is -2.06. The molecule has 0 fully saturated rings. The molecule has 2 nitrogen and oxygen atoms in total. The summed E-state index contributed by atoms with van der Waals surface area (Å²) in [4.78, 5) is 11.2. The molecule has 0 bridgehead atoms. The van der Waals surface area contributed by atoms with E-state index in [-0.39, 0.29) is 0 Å². The smallest absolute Gasteiger partial charge is 0.253 e. The first-order valence-electron chi connectivity index (χ1n) is 4.49. The average molecular weight is 221 g/mol. The predicted octanol–water partition coefficient (Wildman–Crippen LogP) is 3.23. The predicted molar refractivity (Wildman–Crippen MR) is 60.7 cm³/mol. The minimum absolute atomic E-state index is 0.450. The maximum Gasteiger partial charge on any atom is 0.253 e. The van der Waals surface area contributed by atoms with Gasteiger partial charge in [-0.2, -0.15) is 0 Å². The maximum atomic E-state index is 11.2. The topological polar surface area (TPSA) is 26.3 Å². The van der Waals surface area contributed by atoms with E-state index in [0.29, 0.717) is 5.56 Å². The van der Waals surface area contributed by atoms with Crippen molar-refractivity contribution in [1.82, 2.24) is 0 Å². The number of fused-ring (bicyclic) bond motifs is 1. The van der Waals surface area contributed by atoms with Crippen LogP contribution in [0.1, 0.15) is 10.4 Å². The Bertz CT molecular complexity index is 520. The average Bonchev–Trinajstić information content (AvgIpc) is 2.27. The minimum Gasteiger partial charge on any atom is -0.496 e. The Morgan fingerprint density at radius 2 is 1.80 bits per heavy atom. The lowest BCUT2D eigenvalue weighted by atomic mass is 10.0. The fraction of sp³-hybridized carbons (Fsp3) is 0.0833. The third kappa shape index (κ3) is 1.68. The highest BCUT2D eigenvalue weighted by molar-refractivity contribution is 6.68. The van der Waals surface area contributed by atoms with Crippen molar-refractivity contribution >= 4 is 27.6 Å². The maximum absolute atomic E-state index is 11.2. The van der Waals surface area contributed by atoms with E-state index in [2.05, 4.69) is 0 Å². The molecule has 2 aromatic rings. The zero-order valence-corrected chi connectivity index (χ0v) is 8.91. The van der Waals surface area contributed by atoms with Crippen LogP contribution in [0.25, 0.3) is 10.8 Å². The van der Waals surface area contributed by atoms with Crippen molar-refractivity contribution in [2.45, 2.75) is 0 Å². The van der Waals surface area contributed by atoms with Gasteiger partial charge in [-0.15, -0.1) is 0 Å². The number of carbonyl (C=O) groups excluding carboxylic acids is 1. The van der Waals surface area contributed by atoms with Crippen LogP contribution in [0.15, 0.2) is 36.4 Å². The van der Waals surface area contributed by atoms with Crippen molar-refractivity contribution in [2.75, 3.05) is 7.11 Å². The highest BCUT2D eigenvalue weighted by Gasteiger charge is 2.08. The molecular weight excluding hydrogens is 212 g/mol. The summed E-state index contributed by atoms with van der Waals surface area (Å²) in [5.74, 6) is 0.743. The molecule has 2 rings (SSSR count). The van der Waals surface area contributed by atoms with Crippen LogP contribution in [-0.2, 0) is 0 Å². The number of hydrogen-bond donors (Lipinski definition) is 0. The van der Waals surface area contributed by atoms with Gasteiger partial charge < -0.3 is 4.74 Å². The first-order chi connectivity index (χ1) is 7.24. The highest BCUT2D eigenvalue weighted by atomic mass is 35.5. The van der Waals surface area contributed by atoms with Crippen molar-refractivity contribution in [1.29, 1.82) is 0 Å². The molecule has 76 valence electrons. The van der Waals surface area contributed by atoms with Crippen molar-refractivity contribution in [3.63, 3.8) is 0 Å². The molecule has 0 spiro atoms.